The number of carboxylic acids is 1. The maximum Gasteiger partial charge on any atom is 0.303 e. The summed E-state index contributed by atoms with van der Waals surface area (Å²) in [7, 11) is 1.61. The number of aromatic amines is 1. The summed E-state index contributed by atoms with van der Waals surface area (Å²) in [5, 5.41) is 8.76. The second kappa shape index (κ2) is 4.82. The van der Waals surface area contributed by atoms with Crippen molar-refractivity contribution in [1.29, 1.82) is 0 Å². The van der Waals surface area contributed by atoms with E-state index in [4.69, 9.17) is 9.84 Å². The molecule has 3 aromatic rings. The number of aryl methyl sites for hydroxylation is 1. The number of carboxylic acid groups (broad SMARTS) is 1. The van der Waals surface area contributed by atoms with Crippen LogP contribution in [0, 0.1) is 0 Å². The van der Waals surface area contributed by atoms with Crippen molar-refractivity contribution in [1.82, 2.24) is 14.4 Å². The number of halogens is 1. The van der Waals surface area contributed by atoms with Crippen molar-refractivity contribution in [3.8, 4) is 5.75 Å². The summed E-state index contributed by atoms with van der Waals surface area (Å²) in [6.07, 6.45) is 0.494. The van der Waals surface area contributed by atoms with Gasteiger partial charge in [0.25, 0.3) is 0 Å². The number of H-pyrrole nitrogens is 1. The highest BCUT2D eigenvalue weighted by molar-refractivity contribution is 9.10. The zero-order valence-corrected chi connectivity index (χ0v) is 12.3. The fraction of sp³-hybridized carbons (Fsp3) is 0.231. The number of aliphatic carboxylic acids is 1. The lowest BCUT2D eigenvalue weighted by Gasteiger charge is -2.00. The molecule has 0 amide bonds. The van der Waals surface area contributed by atoms with Gasteiger partial charge in [-0.2, -0.15) is 0 Å². The van der Waals surface area contributed by atoms with Crippen LogP contribution in [-0.4, -0.2) is 32.6 Å². The van der Waals surface area contributed by atoms with E-state index in [1.807, 2.05) is 22.6 Å². The first-order valence-electron chi connectivity index (χ1n) is 6.04. The number of rotatable bonds is 4. The van der Waals surface area contributed by atoms with Crippen molar-refractivity contribution < 1.29 is 14.6 Å². The van der Waals surface area contributed by atoms with E-state index in [1.54, 1.807) is 7.11 Å². The number of hydrogen-bond donors (Lipinski definition) is 2. The first-order valence-corrected chi connectivity index (χ1v) is 6.84. The summed E-state index contributed by atoms with van der Waals surface area (Å²) in [5.74, 6) is 0.607. The van der Waals surface area contributed by atoms with Crippen LogP contribution in [-0.2, 0) is 11.2 Å². The molecule has 2 heterocycles. The second-order valence-electron chi connectivity index (χ2n) is 4.41. The summed E-state index contributed by atoms with van der Waals surface area (Å²) >= 11 is 3.51. The lowest BCUT2D eigenvalue weighted by molar-refractivity contribution is -0.136. The maximum absolute atomic E-state index is 10.7. The Bertz CT molecular complexity index is 806. The Morgan fingerprint density at radius 2 is 2.35 bits per heavy atom. The van der Waals surface area contributed by atoms with Gasteiger partial charge in [0.2, 0.25) is 5.78 Å². The smallest absolute Gasteiger partial charge is 0.303 e. The van der Waals surface area contributed by atoms with Gasteiger partial charge in [0.15, 0.2) is 0 Å². The van der Waals surface area contributed by atoms with Crippen LogP contribution in [0.3, 0.4) is 0 Å². The molecule has 7 heteroatoms. The molecule has 0 saturated carbocycles. The predicted octanol–water partition coefficient (Wildman–Crippen LogP) is 2.60. The Labute approximate surface area is 122 Å². The normalized spacial score (nSPS) is 11.3. The Hall–Kier alpha value is -2.02. The molecule has 0 aliphatic heterocycles. The summed E-state index contributed by atoms with van der Waals surface area (Å²) < 4.78 is 7.93. The first-order chi connectivity index (χ1) is 9.60. The van der Waals surface area contributed by atoms with E-state index in [2.05, 4.69) is 25.9 Å². The average Bonchev–Trinajstić information content (AvgIpc) is 2.92. The van der Waals surface area contributed by atoms with Crippen molar-refractivity contribution >= 4 is 38.7 Å². The van der Waals surface area contributed by atoms with Crippen molar-refractivity contribution in [2.24, 2.45) is 0 Å². The van der Waals surface area contributed by atoms with Crippen molar-refractivity contribution in [3.63, 3.8) is 0 Å². The molecule has 1 aromatic carbocycles. The molecule has 3 rings (SSSR count). The molecule has 2 aromatic heterocycles. The zero-order valence-electron chi connectivity index (χ0n) is 10.7. The van der Waals surface area contributed by atoms with Crippen molar-refractivity contribution in [2.75, 3.05) is 7.11 Å². The SMILES string of the molecule is COc1ccc2nc3[nH]c(CCC(=O)O)c(Br)n3c2c1. The number of nitrogens with one attached hydrogen (secondary N) is 1. The van der Waals surface area contributed by atoms with Gasteiger partial charge < -0.3 is 14.8 Å². The van der Waals surface area contributed by atoms with Crippen LogP contribution in [0.15, 0.2) is 22.8 Å². The highest BCUT2D eigenvalue weighted by atomic mass is 79.9. The number of methoxy groups -OCH3 is 1. The quantitative estimate of drug-likeness (QED) is 0.766. The lowest BCUT2D eigenvalue weighted by atomic mass is 10.2. The number of imidazole rings is 2. The van der Waals surface area contributed by atoms with Gasteiger partial charge in [-0.05, 0) is 28.1 Å². The zero-order chi connectivity index (χ0) is 14.3. The molecule has 0 saturated heterocycles. The van der Waals surface area contributed by atoms with E-state index < -0.39 is 5.97 Å². The highest BCUT2D eigenvalue weighted by Crippen LogP contribution is 2.28. The highest BCUT2D eigenvalue weighted by Gasteiger charge is 2.15. The summed E-state index contributed by atoms with van der Waals surface area (Å²) in [4.78, 5) is 18.3. The number of nitrogens with zero attached hydrogens (tertiary/aromatic N) is 2. The van der Waals surface area contributed by atoms with Crippen LogP contribution >= 0.6 is 15.9 Å². The van der Waals surface area contributed by atoms with Crippen LogP contribution in [0.25, 0.3) is 16.8 Å². The topological polar surface area (TPSA) is 79.6 Å². The third kappa shape index (κ3) is 2.03. The number of carbonyl (C=O) groups is 1. The van der Waals surface area contributed by atoms with E-state index in [-0.39, 0.29) is 6.42 Å². The van der Waals surface area contributed by atoms with Gasteiger partial charge in [-0.1, -0.05) is 0 Å². The Morgan fingerprint density at radius 3 is 3.05 bits per heavy atom. The first kappa shape index (κ1) is 13.0. The number of ether oxygens (including phenoxy) is 1. The molecular formula is C13H12BrN3O3. The minimum Gasteiger partial charge on any atom is -0.497 e. The summed E-state index contributed by atoms with van der Waals surface area (Å²) in [5.41, 5.74) is 2.58. The number of fused-ring (bicyclic) bond motifs is 3. The molecule has 0 unspecified atom stereocenters. The van der Waals surface area contributed by atoms with E-state index in [0.717, 1.165) is 27.1 Å². The van der Waals surface area contributed by atoms with E-state index in [1.165, 1.54) is 0 Å². The molecule has 0 radical (unpaired) electrons. The molecular weight excluding hydrogens is 326 g/mol. The van der Waals surface area contributed by atoms with Gasteiger partial charge >= 0.3 is 5.97 Å². The van der Waals surface area contributed by atoms with Crippen molar-refractivity contribution in [3.05, 3.63) is 28.5 Å². The monoisotopic (exact) mass is 337 g/mol. The van der Waals surface area contributed by atoms with E-state index in [9.17, 15) is 4.79 Å². The van der Waals surface area contributed by atoms with E-state index >= 15 is 0 Å². The molecule has 2 N–H and O–H groups in total. The molecule has 20 heavy (non-hydrogen) atoms. The lowest BCUT2D eigenvalue weighted by Crippen LogP contribution is -1.98. The molecule has 0 spiro atoms. The van der Waals surface area contributed by atoms with E-state index in [0.29, 0.717) is 12.2 Å². The minimum absolute atomic E-state index is 0.0729. The van der Waals surface area contributed by atoms with Gasteiger partial charge in [-0.25, -0.2) is 4.98 Å². The van der Waals surface area contributed by atoms with Crippen LogP contribution in [0.2, 0.25) is 0 Å². The molecule has 0 bridgehead atoms. The maximum atomic E-state index is 10.7. The fourth-order valence-electron chi connectivity index (χ4n) is 2.18. The standard InChI is InChI=1S/C13H12BrN3O3/c1-20-7-2-3-8-10(6-7)17-12(14)9(4-5-11(18)19)16-13(17)15-8/h2-3,6H,4-5H2,1H3,(H,15,16)(H,18,19). The molecule has 6 nitrogen and oxygen atoms in total. The summed E-state index contributed by atoms with van der Waals surface area (Å²) in [6, 6.07) is 5.64. The minimum atomic E-state index is -0.823. The third-order valence-corrected chi connectivity index (χ3v) is 3.99. The van der Waals surface area contributed by atoms with Crippen molar-refractivity contribution in [2.45, 2.75) is 12.8 Å². The number of hydrogen-bond acceptors (Lipinski definition) is 3. The number of aromatic nitrogens is 3. The number of benzene rings is 1. The Kier molecular flexibility index (Phi) is 3.13. The molecule has 0 aliphatic carbocycles. The largest absolute Gasteiger partial charge is 0.497 e. The second-order valence-corrected chi connectivity index (χ2v) is 5.16. The van der Waals surface area contributed by atoms with Crippen LogP contribution in [0.1, 0.15) is 12.1 Å². The Morgan fingerprint density at radius 1 is 1.55 bits per heavy atom. The molecule has 0 fully saturated rings. The fourth-order valence-corrected chi connectivity index (χ4v) is 2.84. The van der Waals surface area contributed by atoms with Gasteiger partial charge in [-0.15, -0.1) is 0 Å². The van der Waals surface area contributed by atoms with Gasteiger partial charge in [0.1, 0.15) is 10.4 Å². The average molecular weight is 338 g/mol. The van der Waals surface area contributed by atoms with Gasteiger partial charge in [-0.3, -0.25) is 9.20 Å². The van der Waals surface area contributed by atoms with Crippen LogP contribution < -0.4 is 4.74 Å². The summed E-state index contributed by atoms with van der Waals surface area (Å²) in [6.45, 7) is 0. The van der Waals surface area contributed by atoms with Crippen LogP contribution in [0.5, 0.6) is 5.75 Å². The predicted molar refractivity (Wildman–Crippen MR) is 77.3 cm³/mol. The van der Waals surface area contributed by atoms with Crippen LogP contribution in [0.4, 0.5) is 0 Å². The molecule has 0 aliphatic rings. The van der Waals surface area contributed by atoms with Gasteiger partial charge in [0, 0.05) is 18.2 Å². The molecule has 104 valence electrons. The third-order valence-electron chi connectivity index (χ3n) is 3.16. The Balaban J connectivity index is 2.14. The molecule has 0 atom stereocenters. The van der Waals surface area contributed by atoms with Gasteiger partial charge in [0.05, 0.1) is 24.6 Å².